The largest absolute Gasteiger partial charge is 0.396 e. The highest BCUT2D eigenvalue weighted by atomic mass is 19.1. The number of nitrogens with two attached hydrogens (primary N) is 1. The Balaban J connectivity index is 2.28. The number of hydrogen-bond acceptors (Lipinski definition) is 5. The number of piperazine rings is 1. The maximum atomic E-state index is 14.0. The molecule has 1 aromatic carbocycles. The summed E-state index contributed by atoms with van der Waals surface area (Å²) in [5.74, 6) is -1.54. The molecule has 1 aromatic rings. The van der Waals surface area contributed by atoms with Gasteiger partial charge >= 0.3 is 0 Å². The van der Waals surface area contributed by atoms with Crippen molar-refractivity contribution in [2.45, 2.75) is 44.9 Å². The summed E-state index contributed by atoms with van der Waals surface area (Å²) in [7, 11) is 3.45. The molecule has 0 aromatic heterocycles. The molecule has 1 saturated heterocycles. The molecule has 4 atom stereocenters. The van der Waals surface area contributed by atoms with Crippen LogP contribution in [0, 0.1) is 5.82 Å². The number of rotatable bonds is 6. The quantitative estimate of drug-likeness (QED) is 0.708. The summed E-state index contributed by atoms with van der Waals surface area (Å²) in [6.45, 7) is 7.37. The average molecular weight is 394 g/mol. The second-order valence-electron chi connectivity index (χ2n) is 7.55. The normalized spacial score (nSPS) is 21.1. The molecule has 0 unspecified atom stereocenters. The molecule has 2 amide bonds. The van der Waals surface area contributed by atoms with Gasteiger partial charge in [-0.25, -0.2) is 4.39 Å². The molecule has 1 heterocycles. The SMILES string of the molecule is CO[C@@H](C)C(=O)N[C@@H](C(=O)N1CCN(C)[C@H](C)C1)[C@@H](C)c1ccc(N)c(F)c1. The molecule has 28 heavy (non-hydrogen) atoms. The van der Waals surface area contributed by atoms with E-state index in [1.807, 2.05) is 7.05 Å². The first-order chi connectivity index (χ1) is 13.1. The lowest BCUT2D eigenvalue weighted by atomic mass is 9.91. The fraction of sp³-hybridized carbons (Fsp3) is 0.600. The third kappa shape index (κ3) is 4.99. The smallest absolute Gasteiger partial charge is 0.249 e. The van der Waals surface area contributed by atoms with E-state index in [9.17, 15) is 14.0 Å². The number of methoxy groups -OCH3 is 1. The van der Waals surface area contributed by atoms with E-state index in [0.29, 0.717) is 18.7 Å². The molecule has 0 bridgehead atoms. The van der Waals surface area contributed by atoms with Gasteiger partial charge in [0.05, 0.1) is 5.69 Å². The lowest BCUT2D eigenvalue weighted by Crippen LogP contribution is -2.58. The van der Waals surface area contributed by atoms with E-state index in [4.69, 9.17) is 10.5 Å². The first-order valence-electron chi connectivity index (χ1n) is 9.52. The Hall–Kier alpha value is -2.19. The molecule has 0 spiro atoms. The second kappa shape index (κ2) is 9.34. The van der Waals surface area contributed by atoms with Crippen LogP contribution in [0.2, 0.25) is 0 Å². The van der Waals surface area contributed by atoms with E-state index < -0.39 is 23.9 Å². The number of carbonyl (C=O) groups excluding carboxylic acids is 2. The fourth-order valence-electron chi connectivity index (χ4n) is 3.24. The molecular weight excluding hydrogens is 363 g/mol. The number of nitrogens with zero attached hydrogens (tertiary/aromatic N) is 2. The number of hydrogen-bond donors (Lipinski definition) is 2. The zero-order valence-electron chi connectivity index (χ0n) is 17.2. The fourth-order valence-corrected chi connectivity index (χ4v) is 3.24. The Morgan fingerprint density at radius 3 is 2.57 bits per heavy atom. The van der Waals surface area contributed by atoms with Crippen molar-refractivity contribution in [1.29, 1.82) is 0 Å². The Kier molecular flexibility index (Phi) is 7.37. The number of amides is 2. The first kappa shape index (κ1) is 22.1. The van der Waals surface area contributed by atoms with Gasteiger partial charge in [-0.15, -0.1) is 0 Å². The molecular formula is C20H31FN4O3. The van der Waals surface area contributed by atoms with Gasteiger partial charge in [0.25, 0.3) is 0 Å². The van der Waals surface area contributed by atoms with Crippen molar-refractivity contribution in [3.05, 3.63) is 29.6 Å². The summed E-state index contributed by atoms with van der Waals surface area (Å²) < 4.78 is 19.0. The van der Waals surface area contributed by atoms with Crippen molar-refractivity contribution < 1.29 is 18.7 Å². The van der Waals surface area contributed by atoms with Crippen LogP contribution in [0.3, 0.4) is 0 Å². The van der Waals surface area contributed by atoms with Gasteiger partial charge in [-0.1, -0.05) is 13.0 Å². The molecule has 3 N–H and O–H groups in total. The van der Waals surface area contributed by atoms with Crippen LogP contribution in [-0.2, 0) is 14.3 Å². The summed E-state index contributed by atoms with van der Waals surface area (Å²) in [5, 5.41) is 2.80. The van der Waals surface area contributed by atoms with Crippen LogP contribution in [0.15, 0.2) is 18.2 Å². The molecule has 156 valence electrons. The maximum Gasteiger partial charge on any atom is 0.249 e. The number of nitrogen functional groups attached to an aromatic ring is 1. The van der Waals surface area contributed by atoms with Gasteiger partial charge in [-0.3, -0.25) is 9.59 Å². The number of ether oxygens (including phenoxy) is 1. The molecule has 0 saturated carbocycles. The summed E-state index contributed by atoms with van der Waals surface area (Å²) in [6.07, 6.45) is -0.697. The molecule has 8 heteroatoms. The number of halogens is 1. The lowest BCUT2D eigenvalue weighted by molar-refractivity contribution is -0.141. The van der Waals surface area contributed by atoms with Crippen molar-refractivity contribution in [3.63, 3.8) is 0 Å². The standard InChI is InChI=1S/C20H31FN4O3/c1-12-11-25(9-8-24(12)4)20(27)18(23-19(26)14(3)28-5)13(2)15-6-7-17(22)16(21)10-15/h6-7,10,12-14,18H,8-9,11,22H2,1-5H3,(H,23,26)/t12-,13+,14+,18-/m1/s1. The molecule has 2 rings (SSSR count). The van der Waals surface area contributed by atoms with Gasteiger partial charge in [0.15, 0.2) is 0 Å². The lowest BCUT2D eigenvalue weighted by Gasteiger charge is -2.40. The second-order valence-corrected chi connectivity index (χ2v) is 7.55. The number of benzene rings is 1. The van der Waals surface area contributed by atoms with Crippen LogP contribution in [0.5, 0.6) is 0 Å². The van der Waals surface area contributed by atoms with Crippen molar-refractivity contribution in [2.75, 3.05) is 39.5 Å². The van der Waals surface area contributed by atoms with E-state index in [-0.39, 0.29) is 23.5 Å². The Bertz CT molecular complexity index is 715. The van der Waals surface area contributed by atoms with Gasteiger partial charge in [-0.05, 0) is 38.6 Å². The zero-order chi connectivity index (χ0) is 21.0. The molecule has 7 nitrogen and oxygen atoms in total. The van der Waals surface area contributed by atoms with Crippen LogP contribution < -0.4 is 11.1 Å². The van der Waals surface area contributed by atoms with Gasteiger partial charge in [0, 0.05) is 38.7 Å². The Morgan fingerprint density at radius 2 is 2.00 bits per heavy atom. The predicted octanol–water partition coefficient (Wildman–Crippen LogP) is 1.19. The maximum absolute atomic E-state index is 14.0. The molecule has 1 aliphatic heterocycles. The summed E-state index contributed by atoms with van der Waals surface area (Å²) in [5.41, 5.74) is 6.21. The van der Waals surface area contributed by atoms with E-state index in [1.165, 1.54) is 19.2 Å². The number of likely N-dealkylation sites (N-methyl/N-ethyl adjacent to an activating group) is 1. The molecule has 1 aliphatic rings. The summed E-state index contributed by atoms with van der Waals surface area (Å²) in [4.78, 5) is 29.7. The summed E-state index contributed by atoms with van der Waals surface area (Å²) in [6, 6.07) is 3.86. The van der Waals surface area contributed by atoms with E-state index in [0.717, 1.165) is 6.54 Å². The predicted molar refractivity (Wildman–Crippen MR) is 106 cm³/mol. The highest BCUT2D eigenvalue weighted by Gasteiger charge is 2.35. The van der Waals surface area contributed by atoms with Crippen LogP contribution in [0.25, 0.3) is 0 Å². The summed E-state index contributed by atoms with van der Waals surface area (Å²) >= 11 is 0. The monoisotopic (exact) mass is 394 g/mol. The Labute approximate surface area is 166 Å². The van der Waals surface area contributed by atoms with Crippen molar-refractivity contribution in [3.8, 4) is 0 Å². The molecule has 0 aliphatic carbocycles. The minimum Gasteiger partial charge on any atom is -0.396 e. The van der Waals surface area contributed by atoms with Gasteiger partial charge < -0.3 is 25.6 Å². The van der Waals surface area contributed by atoms with E-state index >= 15 is 0 Å². The molecule has 1 fully saturated rings. The van der Waals surface area contributed by atoms with Crippen molar-refractivity contribution >= 4 is 17.5 Å². The minimum atomic E-state index is -0.830. The van der Waals surface area contributed by atoms with Crippen molar-refractivity contribution in [2.24, 2.45) is 0 Å². The minimum absolute atomic E-state index is 0.0451. The number of anilines is 1. The van der Waals surface area contributed by atoms with Gasteiger partial charge in [0.1, 0.15) is 18.0 Å². The first-order valence-corrected chi connectivity index (χ1v) is 9.52. The topological polar surface area (TPSA) is 87.9 Å². The highest BCUT2D eigenvalue weighted by molar-refractivity contribution is 5.90. The highest BCUT2D eigenvalue weighted by Crippen LogP contribution is 2.25. The van der Waals surface area contributed by atoms with Gasteiger partial charge in [-0.2, -0.15) is 0 Å². The molecule has 0 radical (unpaired) electrons. The van der Waals surface area contributed by atoms with E-state index in [1.54, 1.807) is 24.8 Å². The number of nitrogens with one attached hydrogen (secondary N) is 1. The van der Waals surface area contributed by atoms with E-state index in [2.05, 4.69) is 17.1 Å². The Morgan fingerprint density at radius 1 is 1.32 bits per heavy atom. The average Bonchev–Trinajstić information content (AvgIpc) is 2.68. The van der Waals surface area contributed by atoms with Crippen LogP contribution in [0.1, 0.15) is 32.3 Å². The van der Waals surface area contributed by atoms with Crippen LogP contribution in [0.4, 0.5) is 10.1 Å². The number of carbonyl (C=O) groups is 2. The van der Waals surface area contributed by atoms with Gasteiger partial charge in [0.2, 0.25) is 11.8 Å². The zero-order valence-corrected chi connectivity index (χ0v) is 17.2. The third-order valence-corrected chi connectivity index (χ3v) is 5.61. The third-order valence-electron chi connectivity index (χ3n) is 5.61. The van der Waals surface area contributed by atoms with Crippen molar-refractivity contribution in [1.82, 2.24) is 15.1 Å². The van der Waals surface area contributed by atoms with Crippen LogP contribution >= 0.6 is 0 Å². The van der Waals surface area contributed by atoms with Crippen LogP contribution in [-0.4, -0.2) is 73.6 Å².